The number of rotatable bonds is 6. The van der Waals surface area contributed by atoms with Crippen LogP contribution in [0, 0.1) is 11.2 Å². The van der Waals surface area contributed by atoms with Gasteiger partial charge in [-0.1, -0.05) is 24.1 Å². The van der Waals surface area contributed by atoms with Gasteiger partial charge in [0, 0.05) is 36.2 Å². The van der Waals surface area contributed by atoms with Crippen LogP contribution in [0.1, 0.15) is 37.7 Å². The van der Waals surface area contributed by atoms with Crippen molar-refractivity contribution in [2.45, 2.75) is 37.5 Å². The first-order valence-corrected chi connectivity index (χ1v) is 8.13. The van der Waals surface area contributed by atoms with Crippen molar-refractivity contribution < 1.29 is 9.13 Å². The van der Waals surface area contributed by atoms with Crippen LogP contribution in [0.15, 0.2) is 18.2 Å². The van der Waals surface area contributed by atoms with Gasteiger partial charge in [-0.25, -0.2) is 4.39 Å². The van der Waals surface area contributed by atoms with E-state index in [1.54, 1.807) is 13.2 Å². The van der Waals surface area contributed by atoms with E-state index in [4.69, 9.17) is 16.3 Å². The minimum Gasteiger partial charge on any atom is -0.383 e. The van der Waals surface area contributed by atoms with Crippen molar-refractivity contribution in [3.05, 3.63) is 34.6 Å². The van der Waals surface area contributed by atoms with Crippen LogP contribution in [0.25, 0.3) is 0 Å². The van der Waals surface area contributed by atoms with Gasteiger partial charge >= 0.3 is 0 Å². The lowest BCUT2D eigenvalue weighted by molar-refractivity contribution is -0.0499. The van der Waals surface area contributed by atoms with Crippen LogP contribution in [0.2, 0.25) is 5.02 Å². The molecule has 0 amide bonds. The molecule has 0 radical (unpaired) electrons. The van der Waals surface area contributed by atoms with E-state index in [2.05, 4.69) is 5.32 Å². The summed E-state index contributed by atoms with van der Waals surface area (Å²) in [7, 11) is 1.69. The SMILES string of the molecule is COCCNCC1(c2c(F)cccc2Cl)CC2(CCC2)C1. The van der Waals surface area contributed by atoms with Gasteiger partial charge in [0.15, 0.2) is 0 Å². The van der Waals surface area contributed by atoms with Crippen molar-refractivity contribution in [1.29, 1.82) is 0 Å². The van der Waals surface area contributed by atoms with Gasteiger partial charge in [-0.15, -0.1) is 0 Å². The van der Waals surface area contributed by atoms with E-state index >= 15 is 0 Å². The van der Waals surface area contributed by atoms with Crippen LogP contribution in [0.4, 0.5) is 4.39 Å². The standard InChI is InChI=1S/C17H23ClFNO/c1-21-9-8-20-12-17(10-16(11-17)6-3-7-16)15-13(18)4-2-5-14(15)19/h2,4-5,20H,3,6-12H2,1H3. The summed E-state index contributed by atoms with van der Waals surface area (Å²) in [6.45, 7) is 2.24. The first-order chi connectivity index (χ1) is 10.1. The maximum atomic E-state index is 14.4. The highest BCUT2D eigenvalue weighted by Crippen LogP contribution is 2.65. The van der Waals surface area contributed by atoms with Crippen molar-refractivity contribution >= 4 is 11.6 Å². The molecule has 0 aromatic heterocycles. The number of methoxy groups -OCH3 is 1. The van der Waals surface area contributed by atoms with E-state index in [-0.39, 0.29) is 11.2 Å². The van der Waals surface area contributed by atoms with Gasteiger partial charge in [-0.3, -0.25) is 0 Å². The van der Waals surface area contributed by atoms with Gasteiger partial charge in [-0.05, 0) is 43.2 Å². The highest BCUT2D eigenvalue weighted by Gasteiger charge is 2.58. The molecular weight excluding hydrogens is 289 g/mol. The molecule has 2 fully saturated rings. The zero-order chi connectivity index (χ0) is 14.9. The minimum atomic E-state index is -0.162. The summed E-state index contributed by atoms with van der Waals surface area (Å²) in [6, 6.07) is 5.03. The maximum absolute atomic E-state index is 14.4. The topological polar surface area (TPSA) is 21.3 Å². The molecule has 116 valence electrons. The van der Waals surface area contributed by atoms with Crippen LogP contribution >= 0.6 is 11.6 Å². The molecule has 1 spiro atoms. The molecule has 0 aliphatic heterocycles. The van der Waals surface area contributed by atoms with E-state index in [1.807, 2.05) is 6.07 Å². The number of halogens is 2. The fraction of sp³-hybridized carbons (Fsp3) is 0.647. The zero-order valence-corrected chi connectivity index (χ0v) is 13.3. The Morgan fingerprint density at radius 3 is 2.67 bits per heavy atom. The average molecular weight is 312 g/mol. The summed E-state index contributed by atoms with van der Waals surface area (Å²) in [5.41, 5.74) is 1.04. The Kier molecular flexibility index (Phi) is 4.26. The Hall–Kier alpha value is -0.640. The van der Waals surface area contributed by atoms with Gasteiger partial charge in [0.25, 0.3) is 0 Å². The van der Waals surface area contributed by atoms with E-state index in [0.717, 1.165) is 25.9 Å². The molecule has 1 aromatic carbocycles. The summed E-state index contributed by atoms with van der Waals surface area (Å²) < 4.78 is 19.5. The third-order valence-electron chi connectivity index (χ3n) is 5.28. The minimum absolute atomic E-state index is 0.142. The van der Waals surface area contributed by atoms with Crippen LogP contribution in [-0.4, -0.2) is 26.8 Å². The van der Waals surface area contributed by atoms with Gasteiger partial charge in [0.05, 0.1) is 6.61 Å². The summed E-state index contributed by atoms with van der Waals surface area (Å²) in [5.74, 6) is -0.162. The molecule has 4 heteroatoms. The summed E-state index contributed by atoms with van der Waals surface area (Å²) >= 11 is 6.33. The third-order valence-corrected chi connectivity index (χ3v) is 5.60. The molecule has 0 unspecified atom stereocenters. The zero-order valence-electron chi connectivity index (χ0n) is 12.6. The molecule has 0 heterocycles. The van der Waals surface area contributed by atoms with Crippen molar-refractivity contribution in [3.63, 3.8) is 0 Å². The van der Waals surface area contributed by atoms with Gasteiger partial charge in [0.1, 0.15) is 5.82 Å². The lowest BCUT2D eigenvalue weighted by Gasteiger charge is -2.62. The van der Waals surface area contributed by atoms with Gasteiger partial charge in [-0.2, -0.15) is 0 Å². The van der Waals surface area contributed by atoms with Crippen LogP contribution in [-0.2, 0) is 10.2 Å². The predicted octanol–water partition coefficient (Wildman–Crippen LogP) is 3.92. The second-order valence-corrected chi connectivity index (χ2v) is 7.16. The molecule has 2 saturated carbocycles. The average Bonchev–Trinajstić information content (AvgIpc) is 2.36. The molecule has 0 bridgehead atoms. The molecule has 1 N–H and O–H groups in total. The van der Waals surface area contributed by atoms with Gasteiger partial charge in [0.2, 0.25) is 0 Å². The summed E-state index contributed by atoms with van der Waals surface area (Å²) in [6.07, 6.45) is 6.01. The quantitative estimate of drug-likeness (QED) is 0.804. The number of ether oxygens (including phenoxy) is 1. The van der Waals surface area contributed by atoms with E-state index in [1.165, 1.54) is 25.3 Å². The smallest absolute Gasteiger partial charge is 0.128 e. The van der Waals surface area contributed by atoms with Crippen LogP contribution in [0.3, 0.4) is 0 Å². The Morgan fingerprint density at radius 1 is 1.33 bits per heavy atom. The third kappa shape index (κ3) is 2.71. The van der Waals surface area contributed by atoms with E-state index in [0.29, 0.717) is 22.6 Å². The first kappa shape index (κ1) is 15.3. The van der Waals surface area contributed by atoms with Crippen molar-refractivity contribution in [3.8, 4) is 0 Å². The Bertz CT molecular complexity index is 487. The fourth-order valence-electron chi connectivity index (χ4n) is 4.31. The summed E-state index contributed by atoms with van der Waals surface area (Å²) in [4.78, 5) is 0. The Morgan fingerprint density at radius 2 is 2.10 bits per heavy atom. The molecule has 0 saturated heterocycles. The lowest BCUT2D eigenvalue weighted by atomic mass is 9.43. The number of nitrogens with one attached hydrogen (secondary N) is 1. The van der Waals surface area contributed by atoms with Crippen molar-refractivity contribution in [2.24, 2.45) is 5.41 Å². The molecule has 1 aromatic rings. The normalized spacial score (nSPS) is 21.9. The number of hydrogen-bond donors (Lipinski definition) is 1. The Labute approximate surface area is 131 Å². The second kappa shape index (κ2) is 5.86. The molecule has 2 aliphatic carbocycles. The lowest BCUT2D eigenvalue weighted by Crippen LogP contribution is -2.58. The maximum Gasteiger partial charge on any atom is 0.128 e. The molecule has 2 nitrogen and oxygen atoms in total. The van der Waals surface area contributed by atoms with Crippen molar-refractivity contribution in [1.82, 2.24) is 5.32 Å². The molecular formula is C17H23ClFNO. The number of benzene rings is 1. The molecule has 3 rings (SSSR count). The largest absolute Gasteiger partial charge is 0.383 e. The summed E-state index contributed by atoms with van der Waals surface area (Å²) in [5, 5.41) is 3.98. The molecule has 0 atom stereocenters. The predicted molar refractivity (Wildman–Crippen MR) is 83.4 cm³/mol. The van der Waals surface area contributed by atoms with Crippen LogP contribution in [0.5, 0.6) is 0 Å². The van der Waals surface area contributed by atoms with E-state index in [9.17, 15) is 4.39 Å². The van der Waals surface area contributed by atoms with Crippen LogP contribution < -0.4 is 5.32 Å². The molecule has 21 heavy (non-hydrogen) atoms. The fourth-order valence-corrected chi connectivity index (χ4v) is 4.67. The van der Waals surface area contributed by atoms with Gasteiger partial charge < -0.3 is 10.1 Å². The highest BCUT2D eigenvalue weighted by atomic mass is 35.5. The number of hydrogen-bond acceptors (Lipinski definition) is 2. The Balaban J connectivity index is 1.80. The van der Waals surface area contributed by atoms with Crippen molar-refractivity contribution in [2.75, 3.05) is 26.8 Å². The second-order valence-electron chi connectivity index (χ2n) is 6.75. The highest BCUT2D eigenvalue weighted by molar-refractivity contribution is 6.31. The van der Waals surface area contributed by atoms with E-state index < -0.39 is 0 Å². The molecule has 2 aliphatic rings. The first-order valence-electron chi connectivity index (χ1n) is 7.75. The monoisotopic (exact) mass is 311 g/mol.